The molecule has 1 aromatic carbocycles. The first-order chi connectivity index (χ1) is 13.2. The van der Waals surface area contributed by atoms with E-state index in [1.807, 2.05) is 12.1 Å². The van der Waals surface area contributed by atoms with E-state index < -0.39 is 0 Å². The summed E-state index contributed by atoms with van der Waals surface area (Å²) in [5.41, 5.74) is 0.737. The van der Waals surface area contributed by atoms with Crippen molar-refractivity contribution in [3.63, 3.8) is 0 Å². The van der Waals surface area contributed by atoms with Crippen LogP contribution in [0, 0.1) is 0 Å². The summed E-state index contributed by atoms with van der Waals surface area (Å²) in [6.07, 6.45) is 1.55. The average Bonchev–Trinajstić information content (AvgIpc) is 2.72. The van der Waals surface area contributed by atoms with Gasteiger partial charge in [0.25, 0.3) is 11.5 Å². The molecule has 0 atom stereocenters. The molecule has 140 valence electrons. The molecule has 8 heteroatoms. The number of amides is 1. The fourth-order valence-electron chi connectivity index (χ4n) is 2.75. The zero-order chi connectivity index (χ0) is 19.2. The van der Waals surface area contributed by atoms with Crippen LogP contribution in [0.15, 0.2) is 47.4 Å². The molecule has 0 aliphatic carbocycles. The molecule has 0 radical (unpaired) electrons. The van der Waals surface area contributed by atoms with Gasteiger partial charge in [0.05, 0.1) is 37.9 Å². The fourth-order valence-corrected chi connectivity index (χ4v) is 2.75. The molecule has 0 aliphatic heterocycles. The Morgan fingerprint density at radius 3 is 2.67 bits per heavy atom. The number of aromatic nitrogens is 3. The molecule has 0 fully saturated rings. The lowest BCUT2D eigenvalue weighted by Gasteiger charge is -2.12. The second-order valence-electron chi connectivity index (χ2n) is 5.76. The van der Waals surface area contributed by atoms with Gasteiger partial charge in [-0.3, -0.25) is 9.59 Å². The van der Waals surface area contributed by atoms with Crippen molar-refractivity contribution in [1.29, 1.82) is 0 Å². The van der Waals surface area contributed by atoms with Gasteiger partial charge in [-0.05, 0) is 18.2 Å². The van der Waals surface area contributed by atoms with E-state index in [0.717, 1.165) is 0 Å². The molecule has 1 N–H and O–H groups in total. The summed E-state index contributed by atoms with van der Waals surface area (Å²) in [6, 6.07) is 10.5. The van der Waals surface area contributed by atoms with Gasteiger partial charge in [-0.2, -0.15) is 5.10 Å². The number of hydrogen-bond donors (Lipinski definition) is 1. The van der Waals surface area contributed by atoms with E-state index >= 15 is 0 Å². The van der Waals surface area contributed by atoms with Gasteiger partial charge in [0, 0.05) is 18.7 Å². The summed E-state index contributed by atoms with van der Waals surface area (Å²) < 4.78 is 11.5. The molecule has 0 spiro atoms. The summed E-state index contributed by atoms with van der Waals surface area (Å²) in [5, 5.41) is 8.48. The van der Waals surface area contributed by atoms with E-state index in [2.05, 4.69) is 15.4 Å². The maximum atomic E-state index is 12.6. The molecule has 8 nitrogen and oxygen atoms in total. The first-order valence-corrected chi connectivity index (χ1v) is 8.40. The van der Waals surface area contributed by atoms with Crippen molar-refractivity contribution in [2.75, 3.05) is 20.8 Å². The monoisotopic (exact) mass is 368 g/mol. The summed E-state index contributed by atoms with van der Waals surface area (Å²) in [4.78, 5) is 29.1. The van der Waals surface area contributed by atoms with Crippen molar-refractivity contribution < 1.29 is 14.3 Å². The van der Waals surface area contributed by atoms with Crippen molar-refractivity contribution in [1.82, 2.24) is 20.1 Å². The first-order valence-electron chi connectivity index (χ1n) is 8.40. The number of nitrogens with zero attached hydrogens (tertiary/aromatic N) is 3. The van der Waals surface area contributed by atoms with E-state index in [1.165, 1.54) is 11.8 Å². The van der Waals surface area contributed by atoms with Gasteiger partial charge in [0.15, 0.2) is 0 Å². The summed E-state index contributed by atoms with van der Waals surface area (Å²) in [6.45, 7) is 0.853. The molecular formula is C19H20N4O4. The first kappa shape index (κ1) is 18.5. The van der Waals surface area contributed by atoms with Crippen molar-refractivity contribution >= 4 is 16.7 Å². The van der Waals surface area contributed by atoms with Crippen molar-refractivity contribution in [3.05, 3.63) is 64.2 Å². The number of rotatable bonds is 7. The molecule has 0 saturated heterocycles. The van der Waals surface area contributed by atoms with Gasteiger partial charge in [0.1, 0.15) is 5.56 Å². The number of hydrogen-bond acceptors (Lipinski definition) is 6. The Hall–Kier alpha value is -3.26. The normalized spacial score (nSPS) is 10.7. The van der Waals surface area contributed by atoms with Crippen LogP contribution >= 0.6 is 0 Å². The minimum Gasteiger partial charge on any atom is -0.480 e. The largest absolute Gasteiger partial charge is 0.480 e. The Morgan fingerprint density at radius 2 is 1.93 bits per heavy atom. The van der Waals surface area contributed by atoms with E-state index in [1.54, 1.807) is 37.6 Å². The summed E-state index contributed by atoms with van der Waals surface area (Å²) in [7, 11) is 3.02. The van der Waals surface area contributed by atoms with Gasteiger partial charge in [0.2, 0.25) is 5.88 Å². The minimum atomic E-state index is -0.333. The number of carbonyl (C=O) groups is 1. The maximum Gasteiger partial charge on any atom is 0.274 e. The summed E-state index contributed by atoms with van der Waals surface area (Å²) in [5.74, 6) is -0.0849. The van der Waals surface area contributed by atoms with E-state index in [-0.39, 0.29) is 23.9 Å². The Bertz CT molecular complexity index is 1020. The zero-order valence-electron chi connectivity index (χ0n) is 15.1. The lowest BCUT2D eigenvalue weighted by Crippen LogP contribution is -2.29. The lowest BCUT2D eigenvalue weighted by atomic mass is 10.1. The van der Waals surface area contributed by atoms with Gasteiger partial charge < -0.3 is 14.8 Å². The number of ether oxygens (including phenoxy) is 2. The molecule has 0 bridgehead atoms. The highest BCUT2D eigenvalue weighted by molar-refractivity contribution is 5.96. The molecule has 3 rings (SSSR count). The van der Waals surface area contributed by atoms with Crippen molar-refractivity contribution in [2.45, 2.75) is 13.1 Å². The molecule has 2 aromatic heterocycles. The molecule has 0 unspecified atom stereocenters. The molecule has 3 aromatic rings. The number of fused-ring (bicyclic) bond motifs is 1. The Balaban J connectivity index is 1.91. The SMILES string of the molecule is COCCn1nc(CNC(=O)c2cccnc2OC)c2ccccc2c1=O. The molecule has 0 saturated carbocycles. The maximum absolute atomic E-state index is 12.6. The molecule has 27 heavy (non-hydrogen) atoms. The second kappa shape index (κ2) is 8.41. The quantitative estimate of drug-likeness (QED) is 0.677. The van der Waals surface area contributed by atoms with Crippen LogP contribution in [0.4, 0.5) is 0 Å². The predicted molar refractivity (Wildman–Crippen MR) is 99.8 cm³/mol. The third-order valence-corrected chi connectivity index (χ3v) is 4.08. The highest BCUT2D eigenvalue weighted by atomic mass is 16.5. The van der Waals surface area contributed by atoms with Crippen molar-refractivity contribution in [3.8, 4) is 5.88 Å². The molecule has 0 aliphatic rings. The molecular weight excluding hydrogens is 348 g/mol. The van der Waals surface area contributed by atoms with E-state index in [4.69, 9.17) is 9.47 Å². The Kier molecular flexibility index (Phi) is 5.77. The van der Waals surface area contributed by atoms with Crippen LogP contribution in [0.2, 0.25) is 0 Å². The van der Waals surface area contributed by atoms with Crippen molar-refractivity contribution in [2.24, 2.45) is 0 Å². The van der Waals surface area contributed by atoms with Gasteiger partial charge >= 0.3 is 0 Å². The highest BCUT2D eigenvalue weighted by Crippen LogP contribution is 2.15. The van der Waals surface area contributed by atoms with E-state index in [9.17, 15) is 9.59 Å². The van der Waals surface area contributed by atoms with Crippen LogP contribution in [-0.4, -0.2) is 41.5 Å². The molecule has 1 amide bonds. The number of carbonyl (C=O) groups excluding carboxylic acids is 1. The second-order valence-corrected chi connectivity index (χ2v) is 5.76. The third-order valence-electron chi connectivity index (χ3n) is 4.08. The van der Waals surface area contributed by atoms with Gasteiger partial charge in [-0.1, -0.05) is 18.2 Å². The Morgan fingerprint density at radius 1 is 1.15 bits per heavy atom. The van der Waals surface area contributed by atoms with Gasteiger partial charge in [-0.25, -0.2) is 9.67 Å². The predicted octanol–water partition coefficient (Wildman–Crippen LogP) is 1.38. The highest BCUT2D eigenvalue weighted by Gasteiger charge is 2.15. The van der Waals surface area contributed by atoms with Crippen LogP contribution in [0.3, 0.4) is 0 Å². The number of nitrogens with one attached hydrogen (secondary N) is 1. The number of methoxy groups -OCH3 is 2. The standard InChI is InChI=1S/C19H20N4O4/c1-26-11-10-23-19(25)14-7-4-3-6-13(14)16(22-23)12-21-17(24)15-8-5-9-20-18(15)27-2/h3-9H,10-12H2,1-2H3,(H,21,24). The number of benzene rings is 1. The smallest absolute Gasteiger partial charge is 0.274 e. The Labute approximate surface area is 155 Å². The van der Waals surface area contributed by atoms with Crippen LogP contribution < -0.4 is 15.6 Å². The average molecular weight is 368 g/mol. The summed E-state index contributed by atoms with van der Waals surface area (Å²) >= 11 is 0. The minimum absolute atomic E-state index is 0.157. The topological polar surface area (TPSA) is 95.3 Å². The fraction of sp³-hybridized carbons (Fsp3) is 0.263. The van der Waals surface area contributed by atoms with Gasteiger partial charge in [-0.15, -0.1) is 0 Å². The van der Waals surface area contributed by atoms with E-state index in [0.29, 0.717) is 35.2 Å². The number of pyridine rings is 1. The molecule has 2 heterocycles. The lowest BCUT2D eigenvalue weighted by molar-refractivity contribution is 0.0946. The zero-order valence-corrected chi connectivity index (χ0v) is 15.1. The van der Waals surface area contributed by atoms with Crippen LogP contribution in [-0.2, 0) is 17.8 Å². The van der Waals surface area contributed by atoms with Crippen LogP contribution in [0.25, 0.3) is 10.8 Å². The van der Waals surface area contributed by atoms with Crippen LogP contribution in [0.5, 0.6) is 5.88 Å². The third kappa shape index (κ3) is 3.95. The van der Waals surface area contributed by atoms with Crippen LogP contribution in [0.1, 0.15) is 16.1 Å².